The van der Waals surface area contributed by atoms with Gasteiger partial charge in [0.15, 0.2) is 0 Å². The van der Waals surface area contributed by atoms with Crippen molar-refractivity contribution in [2.75, 3.05) is 18.4 Å². The zero-order chi connectivity index (χ0) is 20.8. The molecular formula is C24H34N2O3S. The highest BCUT2D eigenvalue weighted by atomic mass is 32.2. The number of rotatable bonds is 5. The molecule has 1 aromatic rings. The van der Waals surface area contributed by atoms with Crippen LogP contribution in [0, 0.1) is 23.2 Å². The Labute approximate surface area is 180 Å². The van der Waals surface area contributed by atoms with Gasteiger partial charge in [0.25, 0.3) is 0 Å². The predicted molar refractivity (Wildman–Crippen MR) is 118 cm³/mol. The monoisotopic (exact) mass is 430 g/mol. The maximum Gasteiger partial charge on any atom is 0.243 e. The van der Waals surface area contributed by atoms with E-state index in [1.54, 1.807) is 28.6 Å². The molecule has 1 heterocycles. The van der Waals surface area contributed by atoms with Gasteiger partial charge < -0.3 is 5.32 Å². The van der Waals surface area contributed by atoms with Crippen molar-refractivity contribution < 1.29 is 13.2 Å². The van der Waals surface area contributed by atoms with Crippen LogP contribution in [0.1, 0.15) is 70.6 Å². The molecule has 1 saturated heterocycles. The fourth-order valence-corrected chi connectivity index (χ4v) is 8.78. The highest BCUT2D eigenvalue weighted by Gasteiger charge is 2.51. The van der Waals surface area contributed by atoms with Crippen molar-refractivity contribution in [1.29, 1.82) is 0 Å². The molecule has 0 radical (unpaired) electrons. The summed E-state index contributed by atoms with van der Waals surface area (Å²) in [4.78, 5) is 13.2. The van der Waals surface area contributed by atoms with Gasteiger partial charge in [0.05, 0.1) is 4.90 Å². The molecule has 1 amide bonds. The summed E-state index contributed by atoms with van der Waals surface area (Å²) >= 11 is 0. The number of nitrogens with one attached hydrogen (secondary N) is 1. The van der Waals surface area contributed by atoms with Crippen molar-refractivity contribution in [3.63, 3.8) is 0 Å². The maximum absolute atomic E-state index is 13.1. The van der Waals surface area contributed by atoms with E-state index in [0.717, 1.165) is 43.4 Å². The van der Waals surface area contributed by atoms with Crippen molar-refractivity contribution in [3.8, 4) is 0 Å². The van der Waals surface area contributed by atoms with Gasteiger partial charge in [-0.2, -0.15) is 4.31 Å². The minimum absolute atomic E-state index is 0.0428. The molecule has 0 atom stereocenters. The lowest BCUT2D eigenvalue weighted by atomic mass is 9.49. The second-order valence-electron chi connectivity index (χ2n) is 10.5. The van der Waals surface area contributed by atoms with E-state index in [1.165, 1.54) is 38.5 Å². The summed E-state index contributed by atoms with van der Waals surface area (Å²) in [6.07, 6.45) is 12.3. The van der Waals surface area contributed by atoms with Gasteiger partial charge in [-0.25, -0.2) is 8.42 Å². The maximum atomic E-state index is 13.1. The summed E-state index contributed by atoms with van der Waals surface area (Å²) < 4.78 is 27.8. The highest BCUT2D eigenvalue weighted by Crippen LogP contribution is 2.61. The highest BCUT2D eigenvalue weighted by molar-refractivity contribution is 7.89. The SMILES string of the molecule is O=C(CC12CC3CC(CC(C3)C1)C2)Nc1cccc(S(=O)(=O)N2CCCCCC2)c1. The summed E-state index contributed by atoms with van der Waals surface area (Å²) in [5.41, 5.74) is 0.787. The molecule has 4 saturated carbocycles. The predicted octanol–water partition coefficient (Wildman–Crippen LogP) is 4.80. The molecule has 1 aliphatic heterocycles. The Morgan fingerprint density at radius 2 is 1.57 bits per heavy atom. The first-order chi connectivity index (χ1) is 14.4. The van der Waals surface area contributed by atoms with Crippen LogP contribution in [0.2, 0.25) is 0 Å². The number of amides is 1. The molecule has 0 spiro atoms. The second-order valence-corrected chi connectivity index (χ2v) is 12.4. The summed E-state index contributed by atoms with van der Waals surface area (Å²) in [5, 5.41) is 3.02. The number of nitrogens with zero attached hydrogens (tertiary/aromatic N) is 1. The lowest BCUT2D eigenvalue weighted by Crippen LogP contribution is -2.47. The Balaban J connectivity index is 1.27. The van der Waals surface area contributed by atoms with E-state index in [0.29, 0.717) is 25.2 Å². The van der Waals surface area contributed by atoms with Gasteiger partial charge in [-0.1, -0.05) is 18.9 Å². The van der Waals surface area contributed by atoms with Gasteiger partial charge in [0.2, 0.25) is 15.9 Å². The molecule has 164 valence electrons. The first-order valence-corrected chi connectivity index (χ1v) is 13.3. The molecule has 0 aromatic heterocycles. The van der Waals surface area contributed by atoms with Gasteiger partial charge in [0, 0.05) is 25.2 Å². The van der Waals surface area contributed by atoms with Gasteiger partial charge >= 0.3 is 0 Å². The van der Waals surface area contributed by atoms with E-state index in [-0.39, 0.29) is 16.2 Å². The zero-order valence-corrected chi connectivity index (χ0v) is 18.6. The van der Waals surface area contributed by atoms with Crippen molar-refractivity contribution >= 4 is 21.6 Å². The summed E-state index contributed by atoms with van der Waals surface area (Å²) in [7, 11) is -3.51. The van der Waals surface area contributed by atoms with Crippen LogP contribution >= 0.6 is 0 Å². The number of benzene rings is 1. The van der Waals surface area contributed by atoms with Gasteiger partial charge in [-0.05, 0) is 92.7 Å². The number of sulfonamides is 1. The molecule has 5 nitrogen and oxygen atoms in total. The third-order valence-corrected chi connectivity index (χ3v) is 9.92. The summed E-state index contributed by atoms with van der Waals surface area (Å²) in [6, 6.07) is 6.83. The molecule has 1 N–H and O–H groups in total. The first kappa shape index (κ1) is 20.5. The van der Waals surface area contributed by atoms with Crippen LogP contribution in [0.25, 0.3) is 0 Å². The number of carbonyl (C=O) groups excluding carboxylic acids is 1. The van der Waals surface area contributed by atoms with E-state index >= 15 is 0 Å². The number of hydrogen-bond donors (Lipinski definition) is 1. The molecule has 5 aliphatic rings. The van der Waals surface area contributed by atoms with Crippen molar-refractivity contribution in [2.45, 2.75) is 75.5 Å². The Morgan fingerprint density at radius 3 is 2.17 bits per heavy atom. The van der Waals surface area contributed by atoms with Crippen molar-refractivity contribution in [2.24, 2.45) is 23.2 Å². The average Bonchev–Trinajstić information content (AvgIpc) is 2.96. The fourth-order valence-electron chi connectivity index (χ4n) is 7.22. The van der Waals surface area contributed by atoms with Gasteiger partial charge in [0.1, 0.15) is 0 Å². The summed E-state index contributed by atoms with van der Waals surface area (Å²) in [5.74, 6) is 2.52. The Bertz CT molecular complexity index is 867. The molecule has 5 fully saturated rings. The van der Waals surface area contributed by atoms with Gasteiger partial charge in [-0.3, -0.25) is 4.79 Å². The van der Waals surface area contributed by atoms with Gasteiger partial charge in [-0.15, -0.1) is 0 Å². The molecule has 30 heavy (non-hydrogen) atoms. The van der Waals surface area contributed by atoms with Crippen LogP contribution in [-0.2, 0) is 14.8 Å². The molecule has 4 bridgehead atoms. The Kier molecular flexibility index (Phi) is 5.42. The third kappa shape index (κ3) is 4.05. The molecule has 6 heteroatoms. The first-order valence-electron chi connectivity index (χ1n) is 11.8. The lowest BCUT2D eigenvalue weighted by Gasteiger charge is -2.56. The molecule has 4 aliphatic carbocycles. The van der Waals surface area contributed by atoms with Crippen LogP contribution in [-0.4, -0.2) is 31.7 Å². The number of hydrogen-bond acceptors (Lipinski definition) is 3. The van der Waals surface area contributed by atoms with Crippen LogP contribution in [0.3, 0.4) is 0 Å². The minimum atomic E-state index is -3.51. The molecule has 1 aromatic carbocycles. The van der Waals surface area contributed by atoms with Crippen LogP contribution < -0.4 is 5.32 Å². The molecule has 6 rings (SSSR count). The fraction of sp³-hybridized carbons (Fsp3) is 0.708. The Hall–Kier alpha value is -1.40. The second kappa shape index (κ2) is 7.94. The molecular weight excluding hydrogens is 396 g/mol. The summed E-state index contributed by atoms with van der Waals surface area (Å²) in [6.45, 7) is 1.18. The zero-order valence-electron chi connectivity index (χ0n) is 17.8. The average molecular weight is 431 g/mol. The van der Waals surface area contributed by atoms with Crippen molar-refractivity contribution in [3.05, 3.63) is 24.3 Å². The topological polar surface area (TPSA) is 66.5 Å². The van der Waals surface area contributed by atoms with E-state index in [2.05, 4.69) is 5.32 Å². The quantitative estimate of drug-likeness (QED) is 0.730. The van der Waals surface area contributed by atoms with E-state index in [4.69, 9.17) is 0 Å². The smallest absolute Gasteiger partial charge is 0.243 e. The van der Waals surface area contributed by atoms with E-state index < -0.39 is 10.0 Å². The number of anilines is 1. The van der Waals surface area contributed by atoms with Crippen LogP contribution in [0.5, 0.6) is 0 Å². The number of carbonyl (C=O) groups is 1. The minimum Gasteiger partial charge on any atom is -0.326 e. The standard InChI is InChI=1S/C24H34N2O3S/c27-23(17-24-14-18-10-19(15-24)12-20(11-18)16-24)25-21-6-5-7-22(13-21)30(28,29)26-8-3-1-2-4-9-26/h5-7,13,18-20H,1-4,8-12,14-17H2,(H,25,27). The lowest BCUT2D eigenvalue weighted by molar-refractivity contribution is -0.124. The van der Waals surface area contributed by atoms with E-state index in [9.17, 15) is 13.2 Å². The van der Waals surface area contributed by atoms with Crippen LogP contribution in [0.15, 0.2) is 29.2 Å². The Morgan fingerprint density at radius 1 is 0.967 bits per heavy atom. The van der Waals surface area contributed by atoms with E-state index in [1.807, 2.05) is 0 Å². The normalized spacial score (nSPS) is 33.9. The third-order valence-electron chi connectivity index (χ3n) is 8.02. The van der Waals surface area contributed by atoms with Crippen molar-refractivity contribution in [1.82, 2.24) is 4.31 Å². The van der Waals surface area contributed by atoms with Crippen LogP contribution in [0.4, 0.5) is 5.69 Å². The largest absolute Gasteiger partial charge is 0.326 e. The molecule has 0 unspecified atom stereocenters.